The summed E-state index contributed by atoms with van der Waals surface area (Å²) in [4.78, 5) is 0. The van der Waals surface area contributed by atoms with E-state index in [4.69, 9.17) is 11.1 Å². The van der Waals surface area contributed by atoms with E-state index in [0.29, 0.717) is 0 Å². The zero-order chi connectivity index (χ0) is 10.6. The quantitative estimate of drug-likeness (QED) is 0.350. The van der Waals surface area contributed by atoms with E-state index in [0.717, 1.165) is 5.75 Å². The summed E-state index contributed by atoms with van der Waals surface area (Å²) >= 11 is 1.46. The fourth-order valence-electron chi connectivity index (χ4n) is 1.42. The zero-order valence-electron chi connectivity index (χ0n) is 9.35. The van der Waals surface area contributed by atoms with Crippen molar-refractivity contribution in [3.63, 3.8) is 0 Å². The van der Waals surface area contributed by atoms with E-state index in [2.05, 4.69) is 6.92 Å². The third kappa shape index (κ3) is 11.8. The van der Waals surface area contributed by atoms with Crippen LogP contribution in [-0.4, -0.2) is 10.9 Å². The van der Waals surface area contributed by atoms with Crippen molar-refractivity contribution in [2.75, 3.05) is 5.75 Å². The van der Waals surface area contributed by atoms with Crippen LogP contribution in [0.2, 0.25) is 0 Å². The summed E-state index contributed by atoms with van der Waals surface area (Å²) in [7, 11) is 0. The Morgan fingerprint density at radius 1 is 1.00 bits per heavy atom. The zero-order valence-corrected chi connectivity index (χ0v) is 10.2. The van der Waals surface area contributed by atoms with E-state index < -0.39 is 0 Å². The lowest BCUT2D eigenvalue weighted by Crippen LogP contribution is -2.04. The molecule has 0 aliphatic heterocycles. The van der Waals surface area contributed by atoms with Gasteiger partial charge in [-0.25, -0.2) is 0 Å². The van der Waals surface area contributed by atoms with Crippen molar-refractivity contribution in [3.8, 4) is 0 Å². The van der Waals surface area contributed by atoms with Gasteiger partial charge in [-0.1, -0.05) is 63.6 Å². The smallest absolute Gasteiger partial charge is 0.151 e. The summed E-state index contributed by atoms with van der Waals surface area (Å²) in [5.41, 5.74) is 5.23. The fourth-order valence-corrected chi connectivity index (χ4v) is 1.99. The van der Waals surface area contributed by atoms with Crippen molar-refractivity contribution in [2.24, 2.45) is 5.73 Å². The highest BCUT2D eigenvalue weighted by atomic mass is 32.2. The van der Waals surface area contributed by atoms with Crippen LogP contribution in [0.4, 0.5) is 0 Å². The van der Waals surface area contributed by atoms with Crippen LogP contribution in [-0.2, 0) is 0 Å². The number of nitrogens with one attached hydrogen (secondary N) is 1. The molecule has 0 saturated carbocycles. The molecule has 0 aromatic rings. The van der Waals surface area contributed by atoms with Gasteiger partial charge in [-0.15, -0.1) is 0 Å². The van der Waals surface area contributed by atoms with Crippen LogP contribution in [0.25, 0.3) is 0 Å². The Morgan fingerprint density at radius 2 is 1.50 bits per heavy atom. The van der Waals surface area contributed by atoms with Gasteiger partial charge < -0.3 is 5.73 Å². The Hall–Kier alpha value is -0.180. The Kier molecular flexibility index (Phi) is 10.8. The molecule has 0 unspecified atom stereocenters. The molecule has 0 aromatic heterocycles. The normalized spacial score (nSPS) is 10.4. The molecule has 0 rings (SSSR count). The molecule has 2 nitrogen and oxygen atoms in total. The lowest BCUT2D eigenvalue weighted by atomic mass is 10.1. The van der Waals surface area contributed by atoms with E-state index in [1.54, 1.807) is 0 Å². The van der Waals surface area contributed by atoms with Gasteiger partial charge in [-0.05, 0) is 6.42 Å². The minimum atomic E-state index is 0.257. The van der Waals surface area contributed by atoms with Gasteiger partial charge in [0.1, 0.15) is 0 Å². The standard InChI is InChI=1S/C11H24N2S/c1-2-3-4-5-6-7-8-9-10-14-11(12)13/h2-10H2,1H3,(H3,12,13). The average molecular weight is 216 g/mol. The SMILES string of the molecule is CCCCCCCCCCSC(=N)N. The molecule has 0 amide bonds. The highest BCUT2D eigenvalue weighted by Gasteiger charge is 1.93. The summed E-state index contributed by atoms with van der Waals surface area (Å²) < 4.78 is 0. The summed E-state index contributed by atoms with van der Waals surface area (Å²) in [5, 5.41) is 7.28. The number of amidine groups is 1. The van der Waals surface area contributed by atoms with Gasteiger partial charge in [0.15, 0.2) is 5.17 Å². The van der Waals surface area contributed by atoms with Crippen molar-refractivity contribution in [1.82, 2.24) is 0 Å². The monoisotopic (exact) mass is 216 g/mol. The largest absolute Gasteiger partial charge is 0.379 e. The molecule has 0 aliphatic carbocycles. The predicted molar refractivity (Wildman–Crippen MR) is 67.0 cm³/mol. The maximum absolute atomic E-state index is 7.03. The first kappa shape index (κ1) is 13.8. The summed E-state index contributed by atoms with van der Waals surface area (Å²) in [6.07, 6.45) is 10.7. The van der Waals surface area contributed by atoms with E-state index in [-0.39, 0.29) is 5.17 Å². The third-order valence-electron chi connectivity index (χ3n) is 2.26. The van der Waals surface area contributed by atoms with Crippen molar-refractivity contribution in [2.45, 2.75) is 58.3 Å². The molecule has 0 fully saturated rings. The van der Waals surface area contributed by atoms with Crippen LogP contribution < -0.4 is 5.73 Å². The maximum atomic E-state index is 7.03. The fraction of sp³-hybridized carbons (Fsp3) is 0.909. The number of hydrogen-bond acceptors (Lipinski definition) is 2. The van der Waals surface area contributed by atoms with Gasteiger partial charge in [-0.2, -0.15) is 0 Å². The van der Waals surface area contributed by atoms with Crippen molar-refractivity contribution in [3.05, 3.63) is 0 Å². The van der Waals surface area contributed by atoms with E-state index in [9.17, 15) is 0 Å². The Bertz CT molecular complexity index is 137. The highest BCUT2D eigenvalue weighted by molar-refractivity contribution is 8.13. The molecule has 84 valence electrons. The molecule has 3 N–H and O–H groups in total. The second-order valence-electron chi connectivity index (χ2n) is 3.69. The Labute approximate surface area is 92.5 Å². The molecule has 0 bridgehead atoms. The molecule has 0 aliphatic rings. The van der Waals surface area contributed by atoms with Crippen LogP contribution in [0.15, 0.2) is 0 Å². The van der Waals surface area contributed by atoms with Crippen LogP contribution in [0.3, 0.4) is 0 Å². The maximum Gasteiger partial charge on any atom is 0.151 e. The van der Waals surface area contributed by atoms with E-state index in [1.165, 1.54) is 63.1 Å². The first-order valence-corrected chi connectivity index (χ1v) is 6.72. The van der Waals surface area contributed by atoms with Crippen molar-refractivity contribution in [1.29, 1.82) is 5.41 Å². The second kappa shape index (κ2) is 10.9. The molecule has 0 spiro atoms. The summed E-state index contributed by atoms with van der Waals surface area (Å²) in [5.74, 6) is 1.02. The molecule has 0 atom stereocenters. The summed E-state index contributed by atoms with van der Waals surface area (Å²) in [6, 6.07) is 0. The van der Waals surface area contributed by atoms with E-state index in [1.807, 2.05) is 0 Å². The Balaban J connectivity index is 2.88. The highest BCUT2D eigenvalue weighted by Crippen LogP contribution is 2.10. The first-order chi connectivity index (χ1) is 6.77. The number of hydrogen-bond donors (Lipinski definition) is 2. The number of rotatable bonds is 9. The molecule has 0 aromatic carbocycles. The Morgan fingerprint density at radius 3 is 2.00 bits per heavy atom. The van der Waals surface area contributed by atoms with Gasteiger partial charge in [0.05, 0.1) is 0 Å². The van der Waals surface area contributed by atoms with Gasteiger partial charge in [0.2, 0.25) is 0 Å². The summed E-state index contributed by atoms with van der Waals surface area (Å²) in [6.45, 7) is 2.25. The van der Waals surface area contributed by atoms with Crippen LogP contribution >= 0.6 is 11.8 Å². The number of nitrogens with two attached hydrogens (primary N) is 1. The van der Waals surface area contributed by atoms with Gasteiger partial charge >= 0.3 is 0 Å². The van der Waals surface area contributed by atoms with Gasteiger partial charge in [-0.3, -0.25) is 5.41 Å². The number of unbranched alkanes of at least 4 members (excludes halogenated alkanes) is 7. The molecule has 0 radical (unpaired) electrons. The van der Waals surface area contributed by atoms with E-state index >= 15 is 0 Å². The topological polar surface area (TPSA) is 49.9 Å². The van der Waals surface area contributed by atoms with Crippen LogP contribution in [0, 0.1) is 5.41 Å². The van der Waals surface area contributed by atoms with Crippen molar-refractivity contribution < 1.29 is 0 Å². The minimum absolute atomic E-state index is 0.257. The van der Waals surface area contributed by atoms with Crippen LogP contribution in [0.5, 0.6) is 0 Å². The van der Waals surface area contributed by atoms with Gasteiger partial charge in [0.25, 0.3) is 0 Å². The molecular formula is C11H24N2S. The predicted octanol–water partition coefficient (Wildman–Crippen LogP) is 3.75. The molecule has 0 saturated heterocycles. The molecule has 3 heteroatoms. The lowest BCUT2D eigenvalue weighted by molar-refractivity contribution is 0.586. The molecule has 14 heavy (non-hydrogen) atoms. The first-order valence-electron chi connectivity index (χ1n) is 5.74. The second-order valence-corrected chi connectivity index (χ2v) is 4.82. The van der Waals surface area contributed by atoms with Crippen LogP contribution in [0.1, 0.15) is 58.3 Å². The van der Waals surface area contributed by atoms with Crippen molar-refractivity contribution >= 4 is 16.9 Å². The van der Waals surface area contributed by atoms with Gasteiger partial charge in [0, 0.05) is 5.75 Å². The average Bonchev–Trinajstić information content (AvgIpc) is 2.15. The number of thioether (sulfide) groups is 1. The molecule has 0 heterocycles. The third-order valence-corrected chi connectivity index (χ3v) is 3.06. The minimum Gasteiger partial charge on any atom is -0.379 e. The lowest BCUT2D eigenvalue weighted by Gasteiger charge is -2.01. The molecular weight excluding hydrogens is 192 g/mol.